The molecule has 2 fully saturated rings. The van der Waals surface area contributed by atoms with E-state index in [2.05, 4.69) is 4.90 Å². The molecule has 1 aromatic carbocycles. The third-order valence-electron chi connectivity index (χ3n) is 5.25. The molecule has 1 N–H and O–H groups in total. The van der Waals surface area contributed by atoms with Crippen LogP contribution in [0.5, 0.6) is 5.75 Å². The number of methoxy groups -OCH3 is 1. The van der Waals surface area contributed by atoms with Crippen LogP contribution in [0.2, 0.25) is 0 Å². The maximum Gasteiger partial charge on any atom is 0.308 e. The summed E-state index contributed by atoms with van der Waals surface area (Å²) in [5.41, 5.74) is 1.11. The summed E-state index contributed by atoms with van der Waals surface area (Å²) in [6.07, 6.45) is 7.03. The van der Waals surface area contributed by atoms with Gasteiger partial charge in [0.1, 0.15) is 5.75 Å². The number of benzene rings is 1. The fourth-order valence-corrected chi connectivity index (χ4v) is 4.12. The summed E-state index contributed by atoms with van der Waals surface area (Å²) in [4.78, 5) is 14.1. The predicted octanol–water partition coefficient (Wildman–Crippen LogP) is 3.48. The molecule has 0 bridgehead atoms. The van der Waals surface area contributed by atoms with Gasteiger partial charge in [-0.1, -0.05) is 31.4 Å². The Kier molecular flexibility index (Phi) is 4.67. The predicted molar refractivity (Wildman–Crippen MR) is 85.1 cm³/mol. The van der Waals surface area contributed by atoms with Crippen molar-refractivity contribution in [1.82, 2.24) is 4.90 Å². The molecule has 0 amide bonds. The topological polar surface area (TPSA) is 49.8 Å². The number of likely N-dealkylation sites (tertiary alicyclic amines) is 1. The van der Waals surface area contributed by atoms with E-state index < -0.39 is 5.97 Å². The highest BCUT2D eigenvalue weighted by atomic mass is 16.5. The van der Waals surface area contributed by atoms with Crippen LogP contribution in [0.4, 0.5) is 0 Å². The first-order valence-electron chi connectivity index (χ1n) is 8.33. The summed E-state index contributed by atoms with van der Waals surface area (Å²) in [6.45, 7) is 0.901. The molecule has 22 heavy (non-hydrogen) atoms. The first-order chi connectivity index (χ1) is 10.7. The van der Waals surface area contributed by atoms with Gasteiger partial charge in [-0.05, 0) is 43.5 Å². The number of carbonyl (C=O) groups is 1. The van der Waals surface area contributed by atoms with Crippen molar-refractivity contribution in [2.75, 3.05) is 13.7 Å². The van der Waals surface area contributed by atoms with Gasteiger partial charge in [-0.15, -0.1) is 0 Å². The molecule has 2 unspecified atom stereocenters. The lowest BCUT2D eigenvalue weighted by atomic mass is 9.90. The molecular formula is C18H25NO3. The van der Waals surface area contributed by atoms with E-state index in [0.717, 1.165) is 24.3 Å². The van der Waals surface area contributed by atoms with Gasteiger partial charge in [-0.2, -0.15) is 0 Å². The van der Waals surface area contributed by atoms with Crippen molar-refractivity contribution < 1.29 is 14.6 Å². The van der Waals surface area contributed by atoms with Crippen LogP contribution in [0, 0.1) is 5.92 Å². The van der Waals surface area contributed by atoms with Crippen molar-refractivity contribution in [2.45, 2.75) is 50.6 Å². The quantitative estimate of drug-likeness (QED) is 0.925. The van der Waals surface area contributed by atoms with E-state index in [1.165, 1.54) is 32.1 Å². The van der Waals surface area contributed by atoms with Gasteiger partial charge in [0.25, 0.3) is 0 Å². The van der Waals surface area contributed by atoms with Gasteiger partial charge in [-0.25, -0.2) is 0 Å². The molecule has 120 valence electrons. The fraction of sp³-hybridized carbons (Fsp3) is 0.611. The lowest BCUT2D eigenvalue weighted by Gasteiger charge is -2.36. The Hall–Kier alpha value is -1.55. The Morgan fingerprint density at radius 1 is 1.14 bits per heavy atom. The molecule has 0 spiro atoms. The van der Waals surface area contributed by atoms with Crippen molar-refractivity contribution in [2.24, 2.45) is 5.92 Å². The smallest absolute Gasteiger partial charge is 0.308 e. The van der Waals surface area contributed by atoms with E-state index in [1.807, 2.05) is 24.3 Å². The summed E-state index contributed by atoms with van der Waals surface area (Å²) >= 11 is 0. The zero-order chi connectivity index (χ0) is 15.5. The molecule has 0 aromatic heterocycles. The molecule has 2 aliphatic rings. The minimum absolute atomic E-state index is 0.00602. The highest BCUT2D eigenvalue weighted by Crippen LogP contribution is 2.41. The van der Waals surface area contributed by atoms with Crippen LogP contribution in [0.15, 0.2) is 24.3 Å². The molecule has 1 aromatic rings. The average molecular weight is 303 g/mol. The van der Waals surface area contributed by atoms with Crippen molar-refractivity contribution in [3.05, 3.63) is 29.8 Å². The second-order valence-electron chi connectivity index (χ2n) is 6.48. The van der Waals surface area contributed by atoms with Crippen LogP contribution >= 0.6 is 0 Å². The minimum atomic E-state index is -0.667. The number of aliphatic carboxylic acids is 1. The Morgan fingerprint density at radius 3 is 2.41 bits per heavy atom. The summed E-state index contributed by atoms with van der Waals surface area (Å²) in [5, 5.41) is 9.61. The third-order valence-corrected chi connectivity index (χ3v) is 5.25. The first kappa shape index (κ1) is 15.3. The lowest BCUT2D eigenvalue weighted by molar-refractivity contribution is -0.142. The Bertz CT molecular complexity index is 508. The van der Waals surface area contributed by atoms with Crippen molar-refractivity contribution in [3.63, 3.8) is 0 Å². The summed E-state index contributed by atoms with van der Waals surface area (Å²) in [6, 6.07) is 8.48. The zero-order valence-corrected chi connectivity index (χ0v) is 13.2. The maximum absolute atomic E-state index is 11.7. The molecule has 4 heteroatoms. The Labute approximate surface area is 132 Å². The molecule has 0 radical (unpaired) electrons. The van der Waals surface area contributed by atoms with Gasteiger partial charge >= 0.3 is 5.97 Å². The first-order valence-corrected chi connectivity index (χ1v) is 8.33. The van der Waals surface area contributed by atoms with Crippen LogP contribution in [0.1, 0.15) is 50.1 Å². The monoisotopic (exact) mass is 303 g/mol. The molecule has 1 aliphatic carbocycles. The second-order valence-corrected chi connectivity index (χ2v) is 6.48. The Balaban J connectivity index is 1.87. The summed E-state index contributed by atoms with van der Waals surface area (Å²) in [7, 11) is 1.65. The third kappa shape index (κ3) is 2.98. The van der Waals surface area contributed by atoms with Crippen LogP contribution < -0.4 is 4.74 Å². The van der Waals surface area contributed by atoms with Gasteiger partial charge in [0, 0.05) is 12.1 Å². The summed E-state index contributed by atoms with van der Waals surface area (Å²) < 4.78 is 5.22. The number of ether oxygens (including phenoxy) is 1. The largest absolute Gasteiger partial charge is 0.497 e. The summed E-state index contributed by atoms with van der Waals surface area (Å²) in [5.74, 6) is -0.146. The molecule has 2 atom stereocenters. The highest BCUT2D eigenvalue weighted by molar-refractivity contribution is 5.71. The normalized spacial score (nSPS) is 27.0. The average Bonchev–Trinajstić information content (AvgIpc) is 3.01. The van der Waals surface area contributed by atoms with Crippen LogP contribution in [0.25, 0.3) is 0 Å². The van der Waals surface area contributed by atoms with Crippen molar-refractivity contribution in [1.29, 1.82) is 0 Å². The fourth-order valence-electron chi connectivity index (χ4n) is 4.12. The maximum atomic E-state index is 11.7. The minimum Gasteiger partial charge on any atom is -0.497 e. The molecule has 1 saturated carbocycles. The van der Waals surface area contributed by atoms with Gasteiger partial charge in [0.05, 0.1) is 13.0 Å². The number of nitrogens with zero attached hydrogens (tertiary/aromatic N) is 1. The highest BCUT2D eigenvalue weighted by Gasteiger charge is 2.42. The molecular weight excluding hydrogens is 278 g/mol. The SMILES string of the molecule is COc1ccc(C2C(C(=O)O)CCN2C2CCCCC2)cc1. The van der Waals surface area contributed by atoms with Gasteiger partial charge in [0.15, 0.2) is 0 Å². The van der Waals surface area contributed by atoms with Gasteiger partial charge in [0.2, 0.25) is 0 Å². The molecule has 1 heterocycles. The van der Waals surface area contributed by atoms with Crippen LogP contribution in [-0.4, -0.2) is 35.7 Å². The number of hydrogen-bond donors (Lipinski definition) is 1. The number of carboxylic acid groups (broad SMARTS) is 1. The number of hydrogen-bond acceptors (Lipinski definition) is 3. The van der Waals surface area contributed by atoms with E-state index in [-0.39, 0.29) is 12.0 Å². The Morgan fingerprint density at radius 2 is 1.82 bits per heavy atom. The van der Waals surface area contributed by atoms with E-state index in [4.69, 9.17) is 4.74 Å². The molecule has 3 rings (SSSR count). The van der Waals surface area contributed by atoms with Crippen LogP contribution in [-0.2, 0) is 4.79 Å². The second kappa shape index (κ2) is 6.69. The zero-order valence-electron chi connectivity index (χ0n) is 13.2. The van der Waals surface area contributed by atoms with E-state index in [1.54, 1.807) is 7.11 Å². The van der Waals surface area contributed by atoms with E-state index >= 15 is 0 Å². The molecule has 1 saturated heterocycles. The number of rotatable bonds is 4. The standard InChI is InChI=1S/C18H25NO3/c1-22-15-9-7-13(8-10-15)17-16(18(20)21)11-12-19(17)14-5-3-2-4-6-14/h7-10,14,16-17H,2-6,11-12H2,1H3,(H,20,21). The van der Waals surface area contributed by atoms with Gasteiger partial charge < -0.3 is 9.84 Å². The van der Waals surface area contributed by atoms with E-state index in [9.17, 15) is 9.90 Å². The van der Waals surface area contributed by atoms with Crippen LogP contribution in [0.3, 0.4) is 0 Å². The number of carboxylic acids is 1. The lowest BCUT2D eigenvalue weighted by Crippen LogP contribution is -2.38. The van der Waals surface area contributed by atoms with Crippen molar-refractivity contribution in [3.8, 4) is 5.75 Å². The van der Waals surface area contributed by atoms with E-state index in [0.29, 0.717) is 6.04 Å². The van der Waals surface area contributed by atoms with Gasteiger partial charge in [-0.3, -0.25) is 9.69 Å². The molecule has 1 aliphatic heterocycles. The molecule has 4 nitrogen and oxygen atoms in total. The van der Waals surface area contributed by atoms with Crippen molar-refractivity contribution >= 4 is 5.97 Å².